The summed E-state index contributed by atoms with van der Waals surface area (Å²) in [5.41, 5.74) is 0.749. The van der Waals surface area contributed by atoms with Gasteiger partial charge in [0, 0.05) is 6.54 Å². The molecule has 0 saturated heterocycles. The summed E-state index contributed by atoms with van der Waals surface area (Å²) in [6.07, 6.45) is 0.00193. The molecule has 0 aliphatic carbocycles. The standard InChI is InChI=1S/C14H18N2O3/c1-11(2)19-13-6-4-3-5-12(13)16(10-8-15)9-7-14(17)18/h3-6,11H,7,9-10H2,1-2H3,(H,17,18). The first kappa shape index (κ1) is 14.8. The Kier molecular flexibility index (Phi) is 5.68. The minimum atomic E-state index is -0.884. The van der Waals surface area contributed by atoms with E-state index in [0.29, 0.717) is 5.75 Å². The van der Waals surface area contributed by atoms with Crippen LogP contribution in [-0.2, 0) is 4.79 Å². The number of anilines is 1. The maximum Gasteiger partial charge on any atom is 0.305 e. The van der Waals surface area contributed by atoms with Gasteiger partial charge in [-0.2, -0.15) is 5.26 Å². The van der Waals surface area contributed by atoms with Gasteiger partial charge in [-0.25, -0.2) is 0 Å². The van der Waals surface area contributed by atoms with Crippen molar-refractivity contribution in [3.05, 3.63) is 24.3 Å². The topological polar surface area (TPSA) is 73.6 Å². The molecule has 0 saturated carbocycles. The Hall–Kier alpha value is -2.22. The van der Waals surface area contributed by atoms with Gasteiger partial charge in [-0.1, -0.05) is 12.1 Å². The lowest BCUT2D eigenvalue weighted by molar-refractivity contribution is -0.136. The summed E-state index contributed by atoms with van der Waals surface area (Å²) >= 11 is 0. The minimum absolute atomic E-state index is 0.0162. The molecule has 0 bridgehead atoms. The zero-order valence-corrected chi connectivity index (χ0v) is 11.2. The van der Waals surface area contributed by atoms with E-state index in [1.54, 1.807) is 4.90 Å². The van der Waals surface area contributed by atoms with Crippen LogP contribution < -0.4 is 9.64 Å². The zero-order valence-electron chi connectivity index (χ0n) is 11.2. The Labute approximate surface area is 113 Å². The minimum Gasteiger partial charge on any atom is -0.489 e. The molecule has 1 aromatic rings. The van der Waals surface area contributed by atoms with Gasteiger partial charge >= 0.3 is 5.97 Å². The highest BCUT2D eigenvalue weighted by Gasteiger charge is 2.13. The summed E-state index contributed by atoms with van der Waals surface area (Å²) in [6.45, 7) is 4.25. The summed E-state index contributed by atoms with van der Waals surface area (Å²) in [4.78, 5) is 12.4. The quantitative estimate of drug-likeness (QED) is 0.763. The van der Waals surface area contributed by atoms with Gasteiger partial charge in [0.15, 0.2) is 0 Å². The van der Waals surface area contributed by atoms with Gasteiger partial charge in [-0.3, -0.25) is 4.79 Å². The van der Waals surface area contributed by atoms with E-state index < -0.39 is 5.97 Å². The summed E-state index contributed by atoms with van der Waals surface area (Å²) in [6, 6.07) is 9.39. The molecule has 0 heterocycles. The molecule has 1 N–H and O–H groups in total. The van der Waals surface area contributed by atoms with Crippen LogP contribution in [0.4, 0.5) is 5.69 Å². The van der Waals surface area contributed by atoms with Gasteiger partial charge in [-0.05, 0) is 26.0 Å². The molecule has 0 atom stereocenters. The van der Waals surface area contributed by atoms with Crippen LogP contribution in [0.15, 0.2) is 24.3 Å². The Balaban J connectivity index is 2.94. The van der Waals surface area contributed by atoms with Crippen molar-refractivity contribution in [1.29, 1.82) is 5.26 Å². The van der Waals surface area contributed by atoms with Crippen LogP contribution in [0.1, 0.15) is 20.3 Å². The molecule has 0 radical (unpaired) electrons. The molecule has 0 spiro atoms. The second-order valence-corrected chi connectivity index (χ2v) is 4.36. The molecule has 1 rings (SSSR count). The Bertz CT molecular complexity index is 466. The third-order valence-corrected chi connectivity index (χ3v) is 2.43. The number of nitriles is 1. The third-order valence-electron chi connectivity index (χ3n) is 2.43. The number of hydrogen-bond acceptors (Lipinski definition) is 4. The summed E-state index contributed by atoms with van der Waals surface area (Å²) in [5.74, 6) is -0.219. The number of carboxylic acids is 1. The number of benzene rings is 1. The van der Waals surface area contributed by atoms with Crippen molar-refractivity contribution in [2.45, 2.75) is 26.4 Å². The SMILES string of the molecule is CC(C)Oc1ccccc1N(CC#N)CCC(=O)O. The van der Waals surface area contributed by atoms with E-state index >= 15 is 0 Å². The van der Waals surface area contributed by atoms with Gasteiger partial charge in [0.05, 0.1) is 24.3 Å². The Morgan fingerprint density at radius 2 is 2.16 bits per heavy atom. The first-order chi connectivity index (χ1) is 9.04. The molecular formula is C14H18N2O3. The van der Waals surface area contributed by atoms with E-state index in [9.17, 15) is 4.79 Å². The van der Waals surface area contributed by atoms with E-state index in [4.69, 9.17) is 15.1 Å². The van der Waals surface area contributed by atoms with Crippen molar-refractivity contribution in [2.24, 2.45) is 0 Å². The van der Waals surface area contributed by atoms with Crippen LogP contribution in [0.3, 0.4) is 0 Å². The normalized spacial score (nSPS) is 10.0. The lowest BCUT2D eigenvalue weighted by atomic mass is 10.2. The van der Waals surface area contributed by atoms with E-state index in [2.05, 4.69) is 0 Å². The van der Waals surface area contributed by atoms with Crippen LogP contribution in [0.5, 0.6) is 5.75 Å². The smallest absolute Gasteiger partial charge is 0.305 e. The zero-order chi connectivity index (χ0) is 14.3. The number of nitrogens with zero attached hydrogens (tertiary/aromatic N) is 2. The molecule has 5 heteroatoms. The van der Waals surface area contributed by atoms with Crippen molar-refractivity contribution in [1.82, 2.24) is 0 Å². The summed E-state index contributed by atoms with van der Waals surface area (Å²) < 4.78 is 5.68. The fraction of sp³-hybridized carbons (Fsp3) is 0.429. The molecule has 102 valence electrons. The maximum absolute atomic E-state index is 10.7. The summed E-state index contributed by atoms with van der Waals surface area (Å²) in [5, 5.41) is 17.6. The van der Waals surface area contributed by atoms with Crippen molar-refractivity contribution in [3.8, 4) is 11.8 Å². The van der Waals surface area contributed by atoms with E-state index in [1.807, 2.05) is 44.2 Å². The van der Waals surface area contributed by atoms with Crippen LogP contribution in [-0.4, -0.2) is 30.3 Å². The largest absolute Gasteiger partial charge is 0.489 e. The van der Waals surface area contributed by atoms with Gasteiger partial charge < -0.3 is 14.7 Å². The van der Waals surface area contributed by atoms with Crippen LogP contribution in [0, 0.1) is 11.3 Å². The van der Waals surface area contributed by atoms with Gasteiger partial charge in [0.25, 0.3) is 0 Å². The number of carboxylic acid groups (broad SMARTS) is 1. The average Bonchev–Trinajstić information content (AvgIpc) is 2.34. The highest BCUT2D eigenvalue weighted by Crippen LogP contribution is 2.28. The first-order valence-electron chi connectivity index (χ1n) is 6.14. The third kappa shape index (κ3) is 4.88. The number of aliphatic carboxylic acids is 1. The predicted molar refractivity (Wildman–Crippen MR) is 72.3 cm³/mol. The molecule has 19 heavy (non-hydrogen) atoms. The van der Waals surface area contributed by atoms with Crippen LogP contribution >= 0.6 is 0 Å². The summed E-state index contributed by atoms with van der Waals surface area (Å²) in [7, 11) is 0. The van der Waals surface area contributed by atoms with Crippen LogP contribution in [0.2, 0.25) is 0 Å². The van der Waals surface area contributed by atoms with Gasteiger partial charge in [0.2, 0.25) is 0 Å². The van der Waals surface area contributed by atoms with Crippen molar-refractivity contribution >= 4 is 11.7 Å². The van der Waals surface area contributed by atoms with Crippen molar-refractivity contribution in [3.63, 3.8) is 0 Å². The monoisotopic (exact) mass is 262 g/mol. The molecule has 0 unspecified atom stereocenters. The lowest BCUT2D eigenvalue weighted by Gasteiger charge is -2.24. The maximum atomic E-state index is 10.7. The Morgan fingerprint density at radius 1 is 1.47 bits per heavy atom. The number of ether oxygens (including phenoxy) is 1. The van der Waals surface area contributed by atoms with Crippen molar-refractivity contribution < 1.29 is 14.6 Å². The molecule has 0 amide bonds. The van der Waals surface area contributed by atoms with E-state index in [-0.39, 0.29) is 25.6 Å². The van der Waals surface area contributed by atoms with Gasteiger partial charge in [-0.15, -0.1) is 0 Å². The second-order valence-electron chi connectivity index (χ2n) is 4.36. The molecule has 0 aromatic heterocycles. The second kappa shape index (κ2) is 7.27. The first-order valence-corrected chi connectivity index (χ1v) is 6.14. The molecule has 0 aliphatic heterocycles. The molecule has 0 aliphatic rings. The molecule has 1 aromatic carbocycles. The fourth-order valence-corrected chi connectivity index (χ4v) is 1.67. The number of hydrogen-bond donors (Lipinski definition) is 1. The van der Waals surface area contributed by atoms with Gasteiger partial charge in [0.1, 0.15) is 12.3 Å². The predicted octanol–water partition coefficient (Wildman–Crippen LogP) is 2.28. The molecule has 5 nitrogen and oxygen atoms in total. The number of carbonyl (C=O) groups is 1. The molecular weight excluding hydrogens is 244 g/mol. The van der Waals surface area contributed by atoms with E-state index in [0.717, 1.165) is 5.69 Å². The lowest BCUT2D eigenvalue weighted by Crippen LogP contribution is -2.27. The van der Waals surface area contributed by atoms with Crippen LogP contribution in [0.25, 0.3) is 0 Å². The van der Waals surface area contributed by atoms with Crippen molar-refractivity contribution in [2.75, 3.05) is 18.0 Å². The number of para-hydroxylation sites is 2. The van der Waals surface area contributed by atoms with E-state index in [1.165, 1.54) is 0 Å². The average molecular weight is 262 g/mol. The highest BCUT2D eigenvalue weighted by atomic mass is 16.5. The Morgan fingerprint density at radius 3 is 2.74 bits per heavy atom. The molecule has 0 fully saturated rings. The highest BCUT2D eigenvalue weighted by molar-refractivity contribution is 5.68. The number of rotatable bonds is 7. The fourth-order valence-electron chi connectivity index (χ4n) is 1.67.